The summed E-state index contributed by atoms with van der Waals surface area (Å²) >= 11 is 0. The second kappa shape index (κ2) is 5.43. The Kier molecular flexibility index (Phi) is 3.64. The van der Waals surface area contributed by atoms with Crippen LogP contribution < -0.4 is 0 Å². The molecule has 2 N–H and O–H groups in total. The molecule has 24 heavy (non-hydrogen) atoms. The number of hydrogen-bond donors (Lipinski definition) is 2. The summed E-state index contributed by atoms with van der Waals surface area (Å²) in [6.07, 6.45) is 10.1. The van der Waals surface area contributed by atoms with Crippen LogP contribution in [0.3, 0.4) is 0 Å². The molecular formula is C18H29BO5. The molecule has 5 nitrogen and oxygen atoms in total. The largest absolute Gasteiger partial charge is 0.454 e. The van der Waals surface area contributed by atoms with Gasteiger partial charge in [0, 0.05) is 13.0 Å². The van der Waals surface area contributed by atoms with Crippen molar-refractivity contribution < 1.29 is 24.6 Å². The van der Waals surface area contributed by atoms with Crippen molar-refractivity contribution in [2.24, 2.45) is 29.6 Å². The van der Waals surface area contributed by atoms with Gasteiger partial charge in [-0.15, -0.1) is 0 Å². The van der Waals surface area contributed by atoms with E-state index >= 15 is 0 Å². The monoisotopic (exact) mass is 336 g/mol. The molecule has 1 aliphatic heterocycles. The van der Waals surface area contributed by atoms with Crippen molar-refractivity contribution in [2.45, 2.75) is 75.0 Å². The average molecular weight is 336 g/mol. The topological polar surface area (TPSA) is 68.2 Å². The van der Waals surface area contributed by atoms with E-state index in [9.17, 15) is 10.0 Å². The Bertz CT molecular complexity index is 480. The maximum Gasteiger partial charge on any atom is 0.454 e. The molecule has 1 saturated heterocycles. The van der Waals surface area contributed by atoms with Gasteiger partial charge in [0.05, 0.1) is 0 Å². The van der Waals surface area contributed by atoms with Gasteiger partial charge in [0.15, 0.2) is 5.60 Å². The molecule has 6 heteroatoms. The number of rotatable bonds is 3. The van der Waals surface area contributed by atoms with Gasteiger partial charge in [-0.1, -0.05) is 12.8 Å². The molecule has 6 fully saturated rings. The van der Waals surface area contributed by atoms with E-state index in [1.165, 1.54) is 32.1 Å². The highest BCUT2D eigenvalue weighted by molar-refractivity contribution is 6.43. The van der Waals surface area contributed by atoms with Crippen molar-refractivity contribution in [3.63, 3.8) is 0 Å². The van der Waals surface area contributed by atoms with Gasteiger partial charge in [0.25, 0.3) is 0 Å². The average Bonchev–Trinajstić information content (AvgIpc) is 2.54. The molecule has 0 aromatic carbocycles. The van der Waals surface area contributed by atoms with Crippen LogP contribution in [0.4, 0.5) is 0 Å². The Labute approximate surface area is 144 Å². The first-order valence-electron chi connectivity index (χ1n) is 9.87. The fourth-order valence-corrected chi connectivity index (χ4v) is 7.40. The van der Waals surface area contributed by atoms with Gasteiger partial charge in [-0.2, -0.15) is 4.89 Å². The van der Waals surface area contributed by atoms with E-state index in [1.54, 1.807) is 7.11 Å². The van der Waals surface area contributed by atoms with Crippen LogP contribution in [0.5, 0.6) is 0 Å². The predicted octanol–water partition coefficient (Wildman–Crippen LogP) is 2.52. The van der Waals surface area contributed by atoms with Crippen molar-refractivity contribution in [1.29, 1.82) is 0 Å². The quantitative estimate of drug-likeness (QED) is 0.612. The summed E-state index contributed by atoms with van der Waals surface area (Å²) in [7, 11) is 0.520. The van der Waals surface area contributed by atoms with Crippen molar-refractivity contribution in [3.8, 4) is 0 Å². The molecular weight excluding hydrogens is 307 g/mol. The fraction of sp³-hybridized carbons (Fsp3) is 1.00. The van der Waals surface area contributed by atoms with Gasteiger partial charge >= 0.3 is 7.12 Å². The van der Waals surface area contributed by atoms with Crippen LogP contribution in [0.1, 0.15) is 57.8 Å². The van der Waals surface area contributed by atoms with Crippen LogP contribution in [-0.2, 0) is 14.5 Å². The zero-order chi connectivity index (χ0) is 16.5. The SMILES string of the molecule is COC1(C2CCCC(B(O)O)C2)OOC12C1CC3CC(C1)CC2C3. The maximum absolute atomic E-state index is 9.67. The van der Waals surface area contributed by atoms with E-state index in [4.69, 9.17) is 14.5 Å². The Morgan fingerprint density at radius 2 is 1.54 bits per heavy atom. The van der Waals surface area contributed by atoms with E-state index in [1.807, 2.05) is 0 Å². The molecule has 6 aliphatic rings. The minimum atomic E-state index is -1.24. The van der Waals surface area contributed by atoms with Gasteiger partial charge in [-0.3, -0.25) is 0 Å². The molecule has 0 amide bonds. The van der Waals surface area contributed by atoms with Crippen molar-refractivity contribution in [1.82, 2.24) is 0 Å². The molecule has 0 aromatic heterocycles. The predicted molar refractivity (Wildman–Crippen MR) is 87.6 cm³/mol. The van der Waals surface area contributed by atoms with E-state index in [-0.39, 0.29) is 17.3 Å². The molecule has 0 aromatic rings. The van der Waals surface area contributed by atoms with Gasteiger partial charge in [-0.25, -0.2) is 4.89 Å². The maximum atomic E-state index is 9.67. The number of hydrogen-bond acceptors (Lipinski definition) is 5. The summed E-state index contributed by atoms with van der Waals surface area (Å²) in [4.78, 5) is 11.8. The lowest BCUT2D eigenvalue weighted by molar-refractivity contribution is -0.646. The third-order valence-electron chi connectivity index (χ3n) is 8.18. The van der Waals surface area contributed by atoms with Crippen LogP contribution in [0.25, 0.3) is 0 Å². The van der Waals surface area contributed by atoms with Crippen LogP contribution in [0.2, 0.25) is 5.82 Å². The van der Waals surface area contributed by atoms with Crippen LogP contribution in [0, 0.1) is 29.6 Å². The van der Waals surface area contributed by atoms with E-state index < -0.39 is 12.9 Å². The van der Waals surface area contributed by atoms with Gasteiger partial charge < -0.3 is 14.8 Å². The molecule has 3 atom stereocenters. The van der Waals surface area contributed by atoms with Crippen LogP contribution >= 0.6 is 0 Å². The number of ether oxygens (including phenoxy) is 1. The summed E-state index contributed by atoms with van der Waals surface area (Å²) in [6, 6.07) is 0. The Morgan fingerprint density at radius 1 is 0.875 bits per heavy atom. The summed E-state index contributed by atoms with van der Waals surface area (Å²) in [5.74, 6) is 2.26. The lowest BCUT2D eigenvalue weighted by atomic mass is 9.45. The molecule has 5 aliphatic carbocycles. The normalized spacial score (nSPS) is 55.6. The summed E-state index contributed by atoms with van der Waals surface area (Å²) in [5, 5.41) is 19.3. The minimum Gasteiger partial charge on any atom is -0.427 e. The third kappa shape index (κ3) is 1.90. The summed E-state index contributed by atoms with van der Waals surface area (Å²) in [6.45, 7) is 0. The molecule has 3 unspecified atom stereocenters. The standard InChI is InChI=1S/C18H29BO5/c1-22-18(13-3-2-4-16(10-13)19(20)21)17(23-24-18)14-6-11-5-12(8-14)9-15(17)7-11/h11-16,20-21H,2-10H2,1H3. The molecule has 1 spiro atoms. The first kappa shape index (κ1) is 16.1. The van der Waals surface area contributed by atoms with Crippen LogP contribution in [0.15, 0.2) is 0 Å². The van der Waals surface area contributed by atoms with E-state index in [0.29, 0.717) is 11.8 Å². The Hall–Kier alpha value is -0.135. The third-order valence-corrected chi connectivity index (χ3v) is 8.18. The zero-order valence-electron chi connectivity index (χ0n) is 14.5. The Morgan fingerprint density at radius 3 is 2.04 bits per heavy atom. The lowest BCUT2D eigenvalue weighted by Crippen LogP contribution is -2.80. The molecule has 0 radical (unpaired) electrons. The zero-order valence-corrected chi connectivity index (χ0v) is 14.5. The lowest BCUT2D eigenvalue weighted by Gasteiger charge is -2.70. The van der Waals surface area contributed by atoms with E-state index in [0.717, 1.165) is 37.5 Å². The fourth-order valence-electron chi connectivity index (χ4n) is 7.40. The molecule has 5 saturated carbocycles. The summed E-state index contributed by atoms with van der Waals surface area (Å²) < 4.78 is 6.11. The van der Waals surface area contributed by atoms with Gasteiger partial charge in [-0.05, 0) is 74.4 Å². The highest BCUT2D eigenvalue weighted by atomic mass is 17.3. The Balaban J connectivity index is 1.47. The smallest absolute Gasteiger partial charge is 0.427 e. The van der Waals surface area contributed by atoms with E-state index in [2.05, 4.69) is 0 Å². The first-order chi connectivity index (χ1) is 11.6. The first-order valence-corrected chi connectivity index (χ1v) is 9.87. The highest BCUT2D eigenvalue weighted by Crippen LogP contribution is 2.69. The highest BCUT2D eigenvalue weighted by Gasteiger charge is 2.77. The summed E-state index contributed by atoms with van der Waals surface area (Å²) in [5.41, 5.74) is -0.290. The number of methoxy groups -OCH3 is 1. The molecule has 1 heterocycles. The minimum absolute atomic E-state index is 0.0751. The van der Waals surface area contributed by atoms with Crippen molar-refractivity contribution in [3.05, 3.63) is 0 Å². The second-order valence-corrected chi connectivity index (χ2v) is 9.17. The van der Waals surface area contributed by atoms with Crippen LogP contribution in [-0.4, -0.2) is 35.7 Å². The molecule has 134 valence electrons. The second-order valence-electron chi connectivity index (χ2n) is 9.17. The van der Waals surface area contributed by atoms with Gasteiger partial charge in [0.2, 0.25) is 5.79 Å². The van der Waals surface area contributed by atoms with Crippen molar-refractivity contribution >= 4 is 7.12 Å². The molecule has 4 bridgehead atoms. The van der Waals surface area contributed by atoms with Gasteiger partial charge in [0.1, 0.15) is 0 Å². The molecule has 6 rings (SSSR count). The van der Waals surface area contributed by atoms with Crippen molar-refractivity contribution in [2.75, 3.05) is 7.11 Å².